The highest BCUT2D eigenvalue weighted by atomic mass is 35.5. The summed E-state index contributed by atoms with van der Waals surface area (Å²) in [6.45, 7) is 7.83. The van der Waals surface area contributed by atoms with Crippen molar-refractivity contribution in [1.29, 1.82) is 0 Å². The lowest BCUT2D eigenvalue weighted by atomic mass is 10.0. The molecule has 0 aromatic heterocycles. The largest absolute Gasteiger partial charge is 0.369 e. The first-order valence-electron chi connectivity index (χ1n) is 7.81. The van der Waals surface area contributed by atoms with E-state index in [2.05, 4.69) is 37.8 Å². The molecule has 1 atom stereocenters. The normalized spacial score (nSPS) is 16.5. The molecule has 1 aliphatic rings. The van der Waals surface area contributed by atoms with E-state index in [4.69, 9.17) is 17.3 Å². The van der Waals surface area contributed by atoms with Crippen molar-refractivity contribution in [3.63, 3.8) is 0 Å². The van der Waals surface area contributed by atoms with Gasteiger partial charge in [0.15, 0.2) is 0 Å². The van der Waals surface area contributed by atoms with Crippen molar-refractivity contribution in [3.05, 3.63) is 28.8 Å². The second kappa shape index (κ2) is 6.82. The van der Waals surface area contributed by atoms with E-state index in [1.165, 1.54) is 24.1 Å². The lowest BCUT2D eigenvalue weighted by molar-refractivity contribution is 0.623. The smallest absolute Gasteiger partial charge is 0.0410 e. The molecule has 3 heteroatoms. The highest BCUT2D eigenvalue weighted by Crippen LogP contribution is 2.34. The van der Waals surface area contributed by atoms with Gasteiger partial charge in [-0.3, -0.25) is 0 Å². The first-order valence-corrected chi connectivity index (χ1v) is 8.19. The van der Waals surface area contributed by atoms with Gasteiger partial charge in [0.2, 0.25) is 0 Å². The zero-order valence-electron chi connectivity index (χ0n) is 12.9. The number of rotatable bonds is 7. The van der Waals surface area contributed by atoms with Gasteiger partial charge in [-0.1, -0.05) is 18.5 Å². The van der Waals surface area contributed by atoms with Crippen LogP contribution in [0.2, 0.25) is 5.02 Å². The van der Waals surface area contributed by atoms with Crippen LogP contribution in [0.1, 0.15) is 45.6 Å². The summed E-state index contributed by atoms with van der Waals surface area (Å²) >= 11 is 6.19. The second-order valence-corrected chi connectivity index (χ2v) is 6.77. The van der Waals surface area contributed by atoms with Crippen LogP contribution in [0, 0.1) is 5.92 Å². The summed E-state index contributed by atoms with van der Waals surface area (Å²) in [6.07, 6.45) is 4.65. The van der Waals surface area contributed by atoms with Crippen LogP contribution in [0.3, 0.4) is 0 Å². The molecule has 1 unspecified atom stereocenters. The van der Waals surface area contributed by atoms with Gasteiger partial charge in [-0.05, 0) is 69.2 Å². The van der Waals surface area contributed by atoms with Crippen molar-refractivity contribution < 1.29 is 0 Å². The maximum atomic E-state index is 6.19. The number of hydrogen-bond donors (Lipinski definition) is 1. The molecule has 0 heterocycles. The zero-order valence-corrected chi connectivity index (χ0v) is 13.7. The van der Waals surface area contributed by atoms with Gasteiger partial charge in [-0.15, -0.1) is 0 Å². The Morgan fingerprint density at radius 1 is 1.35 bits per heavy atom. The van der Waals surface area contributed by atoms with Crippen LogP contribution < -0.4 is 10.6 Å². The average molecular weight is 295 g/mol. The maximum Gasteiger partial charge on any atom is 0.0410 e. The van der Waals surface area contributed by atoms with Crippen molar-refractivity contribution in [2.45, 2.75) is 58.5 Å². The Bertz CT molecular complexity index is 441. The number of nitrogens with zero attached hydrogens (tertiary/aromatic N) is 1. The fraction of sp³-hybridized carbons (Fsp3) is 0.647. The van der Waals surface area contributed by atoms with E-state index in [9.17, 15) is 0 Å². The molecule has 20 heavy (non-hydrogen) atoms. The fourth-order valence-corrected chi connectivity index (χ4v) is 2.79. The molecular weight excluding hydrogens is 268 g/mol. The minimum atomic E-state index is 0.210. The van der Waals surface area contributed by atoms with Crippen LogP contribution in [0.15, 0.2) is 18.2 Å². The lowest BCUT2D eigenvalue weighted by Gasteiger charge is -2.32. The highest BCUT2D eigenvalue weighted by molar-refractivity contribution is 6.30. The molecule has 1 fully saturated rings. The van der Waals surface area contributed by atoms with Gasteiger partial charge in [0.05, 0.1) is 0 Å². The average Bonchev–Trinajstić information content (AvgIpc) is 3.20. The topological polar surface area (TPSA) is 29.3 Å². The van der Waals surface area contributed by atoms with Gasteiger partial charge in [-0.25, -0.2) is 0 Å². The van der Waals surface area contributed by atoms with Crippen molar-refractivity contribution in [2.75, 3.05) is 11.4 Å². The molecule has 1 aromatic rings. The van der Waals surface area contributed by atoms with E-state index in [1.54, 1.807) is 0 Å². The Morgan fingerprint density at radius 2 is 2.05 bits per heavy atom. The van der Waals surface area contributed by atoms with Crippen LogP contribution in [0.5, 0.6) is 0 Å². The Kier molecular flexibility index (Phi) is 5.34. The van der Waals surface area contributed by atoms with E-state index < -0.39 is 0 Å². The van der Waals surface area contributed by atoms with Crippen LogP contribution >= 0.6 is 11.6 Å². The molecule has 112 valence electrons. The van der Waals surface area contributed by atoms with Gasteiger partial charge in [-0.2, -0.15) is 0 Å². The molecule has 0 spiro atoms. The Hall–Kier alpha value is -0.730. The lowest BCUT2D eigenvalue weighted by Crippen LogP contribution is -2.34. The fourth-order valence-electron chi connectivity index (χ4n) is 2.59. The number of benzene rings is 1. The van der Waals surface area contributed by atoms with Crippen molar-refractivity contribution in [2.24, 2.45) is 11.7 Å². The molecule has 0 amide bonds. The number of hydrogen-bond acceptors (Lipinski definition) is 2. The summed E-state index contributed by atoms with van der Waals surface area (Å²) in [5.74, 6) is 0.876. The van der Waals surface area contributed by atoms with Crippen LogP contribution in [-0.2, 0) is 6.42 Å². The number of halogens is 1. The first kappa shape index (κ1) is 15.7. The third kappa shape index (κ3) is 4.13. The third-order valence-electron chi connectivity index (χ3n) is 4.13. The molecule has 2 rings (SSSR count). The van der Waals surface area contributed by atoms with E-state index >= 15 is 0 Å². The number of anilines is 1. The monoisotopic (exact) mass is 294 g/mol. The number of nitrogens with two attached hydrogens (primary N) is 1. The Balaban J connectivity index is 2.26. The summed E-state index contributed by atoms with van der Waals surface area (Å²) in [5, 5.41) is 0.808. The van der Waals surface area contributed by atoms with Crippen molar-refractivity contribution >= 4 is 17.3 Å². The minimum absolute atomic E-state index is 0.210. The molecule has 0 aliphatic heterocycles. The van der Waals surface area contributed by atoms with Crippen LogP contribution in [0.25, 0.3) is 0 Å². The van der Waals surface area contributed by atoms with Crippen molar-refractivity contribution in [1.82, 2.24) is 0 Å². The molecular formula is C17H27ClN2. The molecule has 2 nitrogen and oxygen atoms in total. The van der Waals surface area contributed by atoms with Gasteiger partial charge in [0.25, 0.3) is 0 Å². The van der Waals surface area contributed by atoms with Gasteiger partial charge >= 0.3 is 0 Å². The zero-order chi connectivity index (χ0) is 14.7. The highest BCUT2D eigenvalue weighted by Gasteiger charge is 2.26. The van der Waals surface area contributed by atoms with Crippen LogP contribution in [0.4, 0.5) is 5.69 Å². The molecule has 1 saturated carbocycles. The van der Waals surface area contributed by atoms with Gasteiger partial charge in [0, 0.05) is 29.3 Å². The summed E-state index contributed by atoms with van der Waals surface area (Å²) in [7, 11) is 0. The van der Waals surface area contributed by atoms with E-state index in [0.29, 0.717) is 6.04 Å². The molecule has 2 N–H and O–H groups in total. The Morgan fingerprint density at radius 3 is 2.60 bits per heavy atom. The first-order chi connectivity index (χ1) is 9.51. The quantitative estimate of drug-likeness (QED) is 0.815. The summed E-state index contributed by atoms with van der Waals surface area (Å²) in [5.41, 5.74) is 8.76. The minimum Gasteiger partial charge on any atom is -0.369 e. The predicted molar refractivity (Wildman–Crippen MR) is 88.6 cm³/mol. The second-order valence-electron chi connectivity index (χ2n) is 6.33. The maximum absolute atomic E-state index is 6.19. The molecule has 0 radical (unpaired) electrons. The van der Waals surface area contributed by atoms with E-state index in [1.807, 2.05) is 6.07 Å². The van der Waals surface area contributed by atoms with Gasteiger partial charge < -0.3 is 10.6 Å². The molecule has 1 aromatic carbocycles. The molecule has 1 aliphatic carbocycles. The SMILES string of the molecule is CCC(N)Cc1cc(Cl)ccc1N(CC1CC1)C(C)C. The summed E-state index contributed by atoms with van der Waals surface area (Å²) in [6, 6.07) is 6.98. The summed E-state index contributed by atoms with van der Waals surface area (Å²) in [4.78, 5) is 2.52. The Labute approximate surface area is 128 Å². The van der Waals surface area contributed by atoms with E-state index in [-0.39, 0.29) is 6.04 Å². The molecule has 0 bridgehead atoms. The predicted octanol–water partition coefficient (Wildman–Crippen LogP) is 4.24. The van der Waals surface area contributed by atoms with Crippen molar-refractivity contribution in [3.8, 4) is 0 Å². The van der Waals surface area contributed by atoms with Crippen LogP contribution in [-0.4, -0.2) is 18.6 Å². The molecule has 0 saturated heterocycles. The third-order valence-corrected chi connectivity index (χ3v) is 4.37. The van der Waals surface area contributed by atoms with Gasteiger partial charge in [0.1, 0.15) is 0 Å². The van der Waals surface area contributed by atoms with E-state index in [0.717, 1.165) is 30.3 Å². The standard InChI is InChI=1S/C17H27ClN2/c1-4-16(19)10-14-9-15(18)7-8-17(14)20(12(2)3)11-13-5-6-13/h7-9,12-13,16H,4-6,10-11,19H2,1-3H3. The summed E-state index contributed by atoms with van der Waals surface area (Å²) < 4.78 is 0.